The Morgan fingerprint density at radius 3 is 2.55 bits per heavy atom. The van der Waals surface area contributed by atoms with Crippen molar-refractivity contribution in [1.29, 1.82) is 0 Å². The zero-order valence-electron chi connectivity index (χ0n) is 11.4. The Kier molecular flexibility index (Phi) is 3.10. The van der Waals surface area contributed by atoms with Crippen LogP contribution in [0.3, 0.4) is 0 Å². The molecule has 0 bridgehead atoms. The fourth-order valence-corrected chi connectivity index (χ4v) is 4.29. The summed E-state index contributed by atoms with van der Waals surface area (Å²) in [7, 11) is -3.28. The van der Waals surface area contributed by atoms with E-state index >= 15 is 0 Å². The molecule has 1 amide bonds. The molecule has 108 valence electrons. The van der Waals surface area contributed by atoms with Crippen molar-refractivity contribution in [2.45, 2.75) is 12.3 Å². The van der Waals surface area contributed by atoms with Gasteiger partial charge in [0.15, 0.2) is 0 Å². The third-order valence-electron chi connectivity index (χ3n) is 4.49. The summed E-state index contributed by atoms with van der Waals surface area (Å²) in [6, 6.07) is 9.74. The van der Waals surface area contributed by atoms with Gasteiger partial charge in [0, 0.05) is 25.6 Å². The van der Waals surface area contributed by atoms with E-state index in [4.69, 9.17) is 0 Å². The summed E-state index contributed by atoms with van der Waals surface area (Å²) < 4.78 is 25.1. The smallest absolute Gasteiger partial charge is 0.228 e. The summed E-state index contributed by atoms with van der Waals surface area (Å²) in [6.07, 6.45) is 1.90. The van der Waals surface area contributed by atoms with Gasteiger partial charge in [-0.05, 0) is 12.0 Å². The Labute approximate surface area is 119 Å². The molecule has 0 saturated carbocycles. The molecule has 20 heavy (non-hydrogen) atoms. The summed E-state index contributed by atoms with van der Waals surface area (Å²) in [4.78, 5) is 12.3. The molecule has 0 radical (unpaired) electrons. The van der Waals surface area contributed by atoms with Gasteiger partial charge in [-0.1, -0.05) is 30.3 Å². The maximum atomic E-state index is 12.3. The van der Waals surface area contributed by atoms with Gasteiger partial charge in [0.1, 0.15) is 0 Å². The Morgan fingerprint density at radius 1 is 1.30 bits per heavy atom. The van der Waals surface area contributed by atoms with Crippen LogP contribution in [0.15, 0.2) is 30.3 Å². The average Bonchev–Trinajstić information content (AvgIpc) is 2.96. The lowest BCUT2D eigenvalue weighted by molar-refractivity contribution is -0.127. The molecule has 1 spiro atoms. The largest absolute Gasteiger partial charge is 0.356 e. The van der Waals surface area contributed by atoms with Crippen molar-refractivity contribution in [3.05, 3.63) is 35.9 Å². The zero-order chi connectivity index (χ0) is 14.4. The first-order valence-corrected chi connectivity index (χ1v) is 8.57. The highest BCUT2D eigenvalue weighted by molar-refractivity contribution is 7.88. The molecule has 2 aliphatic heterocycles. The standard InChI is InChI=1S/C14H18N2O3S/c1-20(18,19)16-9-12(11-5-3-2-4-6-11)14(10-16)7-8-15-13(14)17/h2-6,12H,7-10H2,1H3,(H,15,17)/t12-,14+/m0/s1. The number of hydrogen-bond donors (Lipinski definition) is 1. The topological polar surface area (TPSA) is 66.5 Å². The first kappa shape index (κ1) is 13.6. The van der Waals surface area contributed by atoms with Gasteiger partial charge in [0.2, 0.25) is 15.9 Å². The van der Waals surface area contributed by atoms with E-state index in [0.717, 1.165) is 5.56 Å². The van der Waals surface area contributed by atoms with Crippen LogP contribution in [0.25, 0.3) is 0 Å². The van der Waals surface area contributed by atoms with Crippen LogP contribution < -0.4 is 5.32 Å². The minimum Gasteiger partial charge on any atom is -0.356 e. The van der Waals surface area contributed by atoms with Crippen molar-refractivity contribution in [2.24, 2.45) is 5.41 Å². The number of benzene rings is 1. The van der Waals surface area contributed by atoms with Crippen molar-refractivity contribution in [3.63, 3.8) is 0 Å². The Bertz CT molecular complexity index is 629. The van der Waals surface area contributed by atoms with Gasteiger partial charge in [-0.3, -0.25) is 4.79 Å². The molecule has 0 aliphatic carbocycles. The lowest BCUT2D eigenvalue weighted by atomic mass is 9.73. The molecule has 3 rings (SSSR count). The Hall–Kier alpha value is -1.40. The second-order valence-electron chi connectivity index (χ2n) is 5.68. The van der Waals surface area contributed by atoms with Crippen molar-refractivity contribution in [3.8, 4) is 0 Å². The van der Waals surface area contributed by atoms with E-state index in [1.165, 1.54) is 10.6 Å². The maximum absolute atomic E-state index is 12.3. The minimum atomic E-state index is -3.28. The molecular formula is C14H18N2O3S. The van der Waals surface area contributed by atoms with E-state index in [1.54, 1.807) is 0 Å². The van der Waals surface area contributed by atoms with E-state index in [9.17, 15) is 13.2 Å². The number of nitrogens with one attached hydrogen (secondary N) is 1. The van der Waals surface area contributed by atoms with Gasteiger partial charge in [-0.25, -0.2) is 12.7 Å². The van der Waals surface area contributed by atoms with Gasteiger partial charge in [0.05, 0.1) is 11.7 Å². The van der Waals surface area contributed by atoms with Gasteiger partial charge < -0.3 is 5.32 Å². The highest BCUT2D eigenvalue weighted by atomic mass is 32.2. The number of carbonyl (C=O) groups is 1. The van der Waals surface area contributed by atoms with Crippen LogP contribution in [0.5, 0.6) is 0 Å². The van der Waals surface area contributed by atoms with E-state index < -0.39 is 15.4 Å². The predicted molar refractivity (Wildman–Crippen MR) is 75.7 cm³/mol. The summed E-state index contributed by atoms with van der Waals surface area (Å²) >= 11 is 0. The molecule has 1 N–H and O–H groups in total. The average molecular weight is 294 g/mol. The number of hydrogen-bond acceptors (Lipinski definition) is 3. The molecule has 1 aromatic rings. The minimum absolute atomic E-state index is 0.0162. The highest BCUT2D eigenvalue weighted by Gasteiger charge is 2.56. The molecule has 2 heterocycles. The van der Waals surface area contributed by atoms with Crippen LogP contribution in [0.2, 0.25) is 0 Å². The molecule has 2 atom stereocenters. The van der Waals surface area contributed by atoms with Crippen LogP contribution in [0, 0.1) is 5.41 Å². The number of carbonyl (C=O) groups excluding carboxylic acids is 1. The SMILES string of the molecule is CS(=O)(=O)N1C[C@@H](c2ccccc2)[C@@]2(CCNC2=O)C1. The third-order valence-corrected chi connectivity index (χ3v) is 5.71. The Morgan fingerprint density at radius 2 is 2.00 bits per heavy atom. The van der Waals surface area contributed by atoms with E-state index in [-0.39, 0.29) is 18.4 Å². The van der Waals surface area contributed by atoms with Crippen LogP contribution in [0.1, 0.15) is 17.9 Å². The van der Waals surface area contributed by atoms with Gasteiger partial charge in [0.25, 0.3) is 0 Å². The van der Waals surface area contributed by atoms with Crippen LogP contribution in [-0.2, 0) is 14.8 Å². The van der Waals surface area contributed by atoms with Crippen molar-refractivity contribution < 1.29 is 13.2 Å². The highest BCUT2D eigenvalue weighted by Crippen LogP contribution is 2.48. The predicted octanol–water partition coefficient (Wildman–Crippen LogP) is 0.552. The number of amides is 1. The van der Waals surface area contributed by atoms with E-state index in [1.807, 2.05) is 30.3 Å². The van der Waals surface area contributed by atoms with Crippen LogP contribution >= 0.6 is 0 Å². The molecule has 5 nitrogen and oxygen atoms in total. The molecule has 2 aliphatic rings. The first-order valence-electron chi connectivity index (χ1n) is 6.72. The zero-order valence-corrected chi connectivity index (χ0v) is 12.2. The maximum Gasteiger partial charge on any atom is 0.228 e. The Balaban J connectivity index is 2.04. The fourth-order valence-electron chi connectivity index (χ4n) is 3.40. The first-order chi connectivity index (χ1) is 9.43. The molecular weight excluding hydrogens is 276 g/mol. The second-order valence-corrected chi connectivity index (χ2v) is 7.66. The summed E-state index contributed by atoms with van der Waals surface area (Å²) in [5, 5.41) is 2.86. The van der Waals surface area contributed by atoms with Gasteiger partial charge >= 0.3 is 0 Å². The summed E-state index contributed by atoms with van der Waals surface area (Å²) in [6.45, 7) is 1.30. The number of sulfonamides is 1. The van der Waals surface area contributed by atoms with Crippen molar-refractivity contribution in [2.75, 3.05) is 25.9 Å². The lowest BCUT2D eigenvalue weighted by Crippen LogP contribution is -2.38. The number of nitrogens with zero attached hydrogens (tertiary/aromatic N) is 1. The van der Waals surface area contributed by atoms with Gasteiger partial charge in [-0.15, -0.1) is 0 Å². The van der Waals surface area contributed by atoms with Crippen molar-refractivity contribution >= 4 is 15.9 Å². The quantitative estimate of drug-likeness (QED) is 0.866. The van der Waals surface area contributed by atoms with Crippen molar-refractivity contribution in [1.82, 2.24) is 9.62 Å². The van der Waals surface area contributed by atoms with E-state index in [0.29, 0.717) is 19.5 Å². The lowest BCUT2D eigenvalue weighted by Gasteiger charge is -2.27. The number of rotatable bonds is 2. The second kappa shape index (κ2) is 4.56. The molecule has 2 fully saturated rings. The van der Waals surface area contributed by atoms with E-state index in [2.05, 4.69) is 5.32 Å². The molecule has 1 aromatic carbocycles. The molecule has 6 heteroatoms. The summed E-state index contributed by atoms with van der Waals surface area (Å²) in [5.41, 5.74) is 0.431. The van der Waals surface area contributed by atoms with Crippen LogP contribution in [0.4, 0.5) is 0 Å². The summed E-state index contributed by atoms with van der Waals surface area (Å²) in [5.74, 6) is -0.0848. The third kappa shape index (κ3) is 2.03. The molecule has 0 aromatic heterocycles. The fraction of sp³-hybridized carbons (Fsp3) is 0.500. The molecule has 0 unspecified atom stereocenters. The molecule has 2 saturated heterocycles. The monoisotopic (exact) mass is 294 g/mol. The normalized spacial score (nSPS) is 30.9. The van der Waals surface area contributed by atoms with Crippen LogP contribution in [-0.4, -0.2) is 44.5 Å². The van der Waals surface area contributed by atoms with Gasteiger partial charge in [-0.2, -0.15) is 0 Å².